The molecular formula is C18H15ClN2O4S. The summed E-state index contributed by atoms with van der Waals surface area (Å²) in [6.45, 7) is 3.45. The minimum Gasteiger partial charge on any atom is -0.507 e. The first-order valence-electron chi connectivity index (χ1n) is 7.67. The van der Waals surface area contributed by atoms with E-state index in [2.05, 4.69) is 10.3 Å². The summed E-state index contributed by atoms with van der Waals surface area (Å²) in [6.07, 6.45) is 0. The molecule has 0 unspecified atom stereocenters. The van der Waals surface area contributed by atoms with E-state index in [4.69, 9.17) is 16.3 Å². The maximum absolute atomic E-state index is 12.0. The van der Waals surface area contributed by atoms with E-state index in [-0.39, 0.29) is 16.3 Å². The van der Waals surface area contributed by atoms with Crippen LogP contribution in [0, 0.1) is 13.8 Å². The molecular weight excluding hydrogens is 376 g/mol. The quantitative estimate of drug-likeness (QED) is 0.655. The van der Waals surface area contributed by atoms with E-state index in [1.54, 1.807) is 0 Å². The molecule has 3 aromatic rings. The van der Waals surface area contributed by atoms with Gasteiger partial charge in [0.15, 0.2) is 11.7 Å². The lowest BCUT2D eigenvalue weighted by atomic mass is 10.1. The third-order valence-corrected chi connectivity index (χ3v) is 4.74. The molecule has 0 fully saturated rings. The summed E-state index contributed by atoms with van der Waals surface area (Å²) in [4.78, 5) is 28.4. The number of thiazole rings is 1. The number of phenolic OH excluding ortho intramolecular Hbond substituents is 1. The second kappa shape index (κ2) is 7.31. The van der Waals surface area contributed by atoms with Gasteiger partial charge in [-0.05, 0) is 49.2 Å². The standard InChI is InChI=1S/C18H15ClN2O4S/c1-9-5-10(2)16-14(6-9)26-18(21-16)20-15(23)8-25-17(24)12-7-11(19)3-4-13(12)22/h3-7,22H,8H2,1-2H3,(H,20,21,23). The lowest BCUT2D eigenvalue weighted by Crippen LogP contribution is -2.20. The van der Waals surface area contributed by atoms with Gasteiger partial charge in [0.25, 0.3) is 5.91 Å². The van der Waals surface area contributed by atoms with Crippen molar-refractivity contribution in [3.05, 3.63) is 52.0 Å². The first-order chi connectivity index (χ1) is 12.3. The molecule has 134 valence electrons. The fourth-order valence-corrected chi connectivity index (χ4v) is 3.69. The number of halogens is 1. The van der Waals surface area contributed by atoms with Crippen LogP contribution in [0.2, 0.25) is 5.02 Å². The van der Waals surface area contributed by atoms with Crippen LogP contribution >= 0.6 is 22.9 Å². The van der Waals surface area contributed by atoms with Crippen LogP contribution in [0.15, 0.2) is 30.3 Å². The Morgan fingerprint density at radius 1 is 1.27 bits per heavy atom. The number of carbonyl (C=O) groups excluding carboxylic acids is 2. The molecule has 0 aliphatic carbocycles. The van der Waals surface area contributed by atoms with Crippen LogP contribution in [0.5, 0.6) is 5.75 Å². The predicted molar refractivity (Wildman–Crippen MR) is 101 cm³/mol. The number of anilines is 1. The van der Waals surface area contributed by atoms with Gasteiger partial charge in [0.2, 0.25) is 0 Å². The number of ether oxygens (including phenoxy) is 1. The van der Waals surface area contributed by atoms with E-state index in [1.165, 1.54) is 29.5 Å². The maximum atomic E-state index is 12.0. The average molecular weight is 391 g/mol. The van der Waals surface area contributed by atoms with Crippen LogP contribution in [0.3, 0.4) is 0 Å². The zero-order valence-corrected chi connectivity index (χ0v) is 15.6. The highest BCUT2D eigenvalue weighted by Gasteiger charge is 2.16. The van der Waals surface area contributed by atoms with E-state index in [9.17, 15) is 14.7 Å². The average Bonchev–Trinajstić information content (AvgIpc) is 2.97. The molecule has 1 heterocycles. The molecule has 3 rings (SSSR count). The van der Waals surface area contributed by atoms with Gasteiger partial charge in [0.1, 0.15) is 11.3 Å². The maximum Gasteiger partial charge on any atom is 0.342 e. The van der Waals surface area contributed by atoms with Crippen molar-refractivity contribution in [2.24, 2.45) is 0 Å². The number of carbonyl (C=O) groups is 2. The molecule has 0 radical (unpaired) electrons. The van der Waals surface area contributed by atoms with Gasteiger partial charge in [-0.1, -0.05) is 29.0 Å². The Morgan fingerprint density at radius 3 is 2.81 bits per heavy atom. The van der Waals surface area contributed by atoms with Crippen molar-refractivity contribution in [3.8, 4) is 5.75 Å². The van der Waals surface area contributed by atoms with Crippen molar-refractivity contribution in [2.45, 2.75) is 13.8 Å². The zero-order valence-electron chi connectivity index (χ0n) is 14.0. The summed E-state index contributed by atoms with van der Waals surface area (Å²) in [5.74, 6) is -1.62. The molecule has 8 heteroatoms. The minimum absolute atomic E-state index is 0.101. The van der Waals surface area contributed by atoms with Crippen LogP contribution in [-0.4, -0.2) is 28.6 Å². The van der Waals surface area contributed by atoms with Crippen LogP contribution in [0.25, 0.3) is 10.2 Å². The Morgan fingerprint density at radius 2 is 2.04 bits per heavy atom. The summed E-state index contributed by atoms with van der Waals surface area (Å²) in [7, 11) is 0. The van der Waals surface area contributed by atoms with Crippen molar-refractivity contribution >= 4 is 50.2 Å². The number of amides is 1. The number of fused-ring (bicyclic) bond motifs is 1. The largest absolute Gasteiger partial charge is 0.507 e. The van der Waals surface area contributed by atoms with E-state index < -0.39 is 18.5 Å². The first-order valence-corrected chi connectivity index (χ1v) is 8.86. The number of aromatic hydroxyl groups is 1. The van der Waals surface area contributed by atoms with E-state index in [0.717, 1.165) is 21.3 Å². The Balaban J connectivity index is 1.65. The zero-order chi connectivity index (χ0) is 18.8. The summed E-state index contributed by atoms with van der Waals surface area (Å²) in [6, 6.07) is 8.02. The molecule has 2 aromatic carbocycles. The van der Waals surface area contributed by atoms with Crippen molar-refractivity contribution in [1.82, 2.24) is 4.98 Å². The van der Waals surface area contributed by atoms with Gasteiger partial charge in [-0.3, -0.25) is 10.1 Å². The van der Waals surface area contributed by atoms with Crippen LogP contribution in [0.4, 0.5) is 5.13 Å². The third kappa shape index (κ3) is 3.95. The second-order valence-corrected chi connectivity index (χ2v) is 7.20. The number of nitrogens with one attached hydrogen (secondary N) is 1. The Hall–Kier alpha value is -2.64. The number of aromatic nitrogens is 1. The summed E-state index contributed by atoms with van der Waals surface area (Å²) < 4.78 is 5.89. The normalized spacial score (nSPS) is 10.7. The molecule has 2 N–H and O–H groups in total. The highest BCUT2D eigenvalue weighted by atomic mass is 35.5. The lowest BCUT2D eigenvalue weighted by Gasteiger charge is -2.06. The number of aryl methyl sites for hydroxylation is 2. The molecule has 0 saturated heterocycles. The van der Waals surface area contributed by atoms with E-state index in [1.807, 2.05) is 26.0 Å². The number of phenols is 1. The fraction of sp³-hybridized carbons (Fsp3) is 0.167. The number of nitrogens with zero attached hydrogens (tertiary/aromatic N) is 1. The smallest absolute Gasteiger partial charge is 0.342 e. The number of benzene rings is 2. The van der Waals surface area contributed by atoms with Crippen LogP contribution < -0.4 is 5.32 Å². The van der Waals surface area contributed by atoms with Gasteiger partial charge in [0.05, 0.1) is 10.2 Å². The fourth-order valence-electron chi connectivity index (χ4n) is 2.46. The van der Waals surface area contributed by atoms with Gasteiger partial charge in [0, 0.05) is 5.02 Å². The minimum atomic E-state index is -0.837. The first kappa shape index (κ1) is 18.2. The molecule has 0 saturated carbocycles. The highest BCUT2D eigenvalue weighted by molar-refractivity contribution is 7.22. The summed E-state index contributed by atoms with van der Waals surface area (Å²) in [5, 5.41) is 13.0. The topological polar surface area (TPSA) is 88.5 Å². The molecule has 0 bridgehead atoms. The van der Waals surface area contributed by atoms with E-state index in [0.29, 0.717) is 5.13 Å². The molecule has 0 aliphatic heterocycles. The van der Waals surface area contributed by atoms with Gasteiger partial charge in [-0.25, -0.2) is 9.78 Å². The number of hydrogen-bond donors (Lipinski definition) is 2. The lowest BCUT2D eigenvalue weighted by molar-refractivity contribution is -0.119. The van der Waals surface area contributed by atoms with E-state index >= 15 is 0 Å². The second-order valence-electron chi connectivity index (χ2n) is 5.73. The molecule has 0 spiro atoms. The van der Waals surface area contributed by atoms with Gasteiger partial charge < -0.3 is 9.84 Å². The molecule has 1 amide bonds. The Bertz CT molecular complexity index is 1020. The van der Waals surface area contributed by atoms with Crippen molar-refractivity contribution < 1.29 is 19.4 Å². The van der Waals surface area contributed by atoms with Crippen LogP contribution in [-0.2, 0) is 9.53 Å². The monoisotopic (exact) mass is 390 g/mol. The Kier molecular flexibility index (Phi) is 5.11. The van der Waals surface area contributed by atoms with Gasteiger partial charge >= 0.3 is 5.97 Å². The van der Waals surface area contributed by atoms with Crippen molar-refractivity contribution in [3.63, 3.8) is 0 Å². The SMILES string of the molecule is Cc1cc(C)c2nc(NC(=O)COC(=O)c3cc(Cl)ccc3O)sc2c1. The van der Waals surface area contributed by atoms with Crippen molar-refractivity contribution in [1.29, 1.82) is 0 Å². The van der Waals surface area contributed by atoms with Gasteiger partial charge in [-0.15, -0.1) is 0 Å². The van der Waals surface area contributed by atoms with Crippen LogP contribution in [0.1, 0.15) is 21.5 Å². The predicted octanol–water partition coefficient (Wildman–Crippen LogP) is 4.07. The molecule has 0 atom stereocenters. The summed E-state index contributed by atoms with van der Waals surface area (Å²) >= 11 is 7.14. The molecule has 6 nitrogen and oxygen atoms in total. The number of esters is 1. The number of hydrogen-bond acceptors (Lipinski definition) is 6. The molecule has 1 aromatic heterocycles. The van der Waals surface area contributed by atoms with Gasteiger partial charge in [-0.2, -0.15) is 0 Å². The molecule has 0 aliphatic rings. The third-order valence-electron chi connectivity index (χ3n) is 3.59. The highest BCUT2D eigenvalue weighted by Crippen LogP contribution is 2.29. The summed E-state index contributed by atoms with van der Waals surface area (Å²) in [5.41, 5.74) is 2.87. The number of rotatable bonds is 4. The molecule has 26 heavy (non-hydrogen) atoms. The Labute approximate surface area is 158 Å². The van der Waals surface area contributed by atoms with Crippen molar-refractivity contribution in [2.75, 3.05) is 11.9 Å².